The van der Waals surface area contributed by atoms with E-state index in [9.17, 15) is 9.50 Å². The summed E-state index contributed by atoms with van der Waals surface area (Å²) in [5.74, 6) is -0.229. The average Bonchev–Trinajstić information content (AvgIpc) is 2.29. The molecule has 0 amide bonds. The molecule has 0 saturated heterocycles. The van der Waals surface area contributed by atoms with Crippen molar-refractivity contribution in [1.29, 1.82) is 0 Å². The first-order valence-electron chi connectivity index (χ1n) is 5.83. The highest BCUT2D eigenvalue weighted by Crippen LogP contribution is 2.05. The van der Waals surface area contributed by atoms with Crippen LogP contribution in [-0.2, 0) is 11.3 Å². The standard InChI is InChI=1S/C13H20FNO2/c1-10(2)17-9-12(16)8-15-7-11-5-3-4-6-13(11)14/h3-6,10,12,15-16H,7-9H2,1-2H3. The molecule has 96 valence electrons. The van der Waals surface area contributed by atoms with Gasteiger partial charge in [-0.05, 0) is 19.9 Å². The summed E-state index contributed by atoms with van der Waals surface area (Å²) in [6.07, 6.45) is -0.458. The van der Waals surface area contributed by atoms with Crippen LogP contribution in [0.25, 0.3) is 0 Å². The van der Waals surface area contributed by atoms with Crippen LogP contribution >= 0.6 is 0 Å². The highest BCUT2D eigenvalue weighted by molar-refractivity contribution is 5.16. The smallest absolute Gasteiger partial charge is 0.127 e. The van der Waals surface area contributed by atoms with Crippen LogP contribution in [0.3, 0.4) is 0 Å². The first-order valence-corrected chi connectivity index (χ1v) is 5.83. The lowest BCUT2D eigenvalue weighted by molar-refractivity contribution is 0.00628. The van der Waals surface area contributed by atoms with E-state index in [-0.39, 0.29) is 11.9 Å². The van der Waals surface area contributed by atoms with Crippen molar-refractivity contribution in [3.05, 3.63) is 35.6 Å². The highest BCUT2D eigenvalue weighted by atomic mass is 19.1. The predicted octanol–water partition coefficient (Wildman–Crippen LogP) is 1.70. The van der Waals surface area contributed by atoms with Crippen LogP contribution in [0.5, 0.6) is 0 Å². The minimum atomic E-state index is -0.566. The van der Waals surface area contributed by atoms with Gasteiger partial charge in [-0.15, -0.1) is 0 Å². The average molecular weight is 241 g/mol. The van der Waals surface area contributed by atoms with Crippen molar-refractivity contribution in [3.8, 4) is 0 Å². The van der Waals surface area contributed by atoms with Gasteiger partial charge < -0.3 is 15.2 Å². The second kappa shape index (κ2) is 7.37. The molecule has 0 radical (unpaired) electrons. The van der Waals surface area contributed by atoms with Crippen LogP contribution in [0, 0.1) is 5.82 Å². The van der Waals surface area contributed by atoms with Crippen molar-refractivity contribution in [2.75, 3.05) is 13.2 Å². The molecule has 1 aromatic rings. The highest BCUT2D eigenvalue weighted by Gasteiger charge is 2.06. The van der Waals surface area contributed by atoms with Gasteiger partial charge in [-0.1, -0.05) is 18.2 Å². The van der Waals surface area contributed by atoms with E-state index < -0.39 is 6.10 Å². The number of aliphatic hydroxyl groups is 1. The lowest BCUT2D eigenvalue weighted by Crippen LogP contribution is -2.31. The molecule has 1 unspecified atom stereocenters. The lowest BCUT2D eigenvalue weighted by Gasteiger charge is -2.14. The third kappa shape index (κ3) is 5.77. The molecule has 0 aliphatic carbocycles. The summed E-state index contributed by atoms with van der Waals surface area (Å²) >= 11 is 0. The van der Waals surface area contributed by atoms with Crippen LogP contribution in [0.4, 0.5) is 4.39 Å². The van der Waals surface area contributed by atoms with Crippen LogP contribution in [0.15, 0.2) is 24.3 Å². The van der Waals surface area contributed by atoms with Crippen molar-refractivity contribution >= 4 is 0 Å². The van der Waals surface area contributed by atoms with E-state index >= 15 is 0 Å². The second-order valence-electron chi connectivity index (χ2n) is 4.26. The SMILES string of the molecule is CC(C)OCC(O)CNCc1ccccc1F. The maximum atomic E-state index is 13.2. The zero-order valence-corrected chi connectivity index (χ0v) is 10.3. The maximum absolute atomic E-state index is 13.2. The van der Waals surface area contributed by atoms with Crippen LogP contribution in [0.1, 0.15) is 19.4 Å². The van der Waals surface area contributed by atoms with Gasteiger partial charge >= 0.3 is 0 Å². The minimum absolute atomic E-state index is 0.108. The van der Waals surface area contributed by atoms with Gasteiger partial charge in [-0.2, -0.15) is 0 Å². The Morgan fingerprint density at radius 1 is 1.35 bits per heavy atom. The number of hydrogen-bond donors (Lipinski definition) is 2. The van der Waals surface area contributed by atoms with Gasteiger partial charge in [0.2, 0.25) is 0 Å². The van der Waals surface area contributed by atoms with Crippen LogP contribution in [-0.4, -0.2) is 30.5 Å². The molecule has 0 bridgehead atoms. The first kappa shape index (κ1) is 14.1. The lowest BCUT2D eigenvalue weighted by atomic mass is 10.2. The van der Waals surface area contributed by atoms with E-state index in [2.05, 4.69) is 5.32 Å². The van der Waals surface area contributed by atoms with Gasteiger partial charge in [0.05, 0.1) is 18.8 Å². The van der Waals surface area contributed by atoms with E-state index in [4.69, 9.17) is 4.74 Å². The molecule has 4 heteroatoms. The van der Waals surface area contributed by atoms with Crippen molar-refractivity contribution in [2.45, 2.75) is 32.6 Å². The molecule has 0 aliphatic rings. The zero-order chi connectivity index (χ0) is 12.7. The fourth-order valence-electron chi connectivity index (χ4n) is 1.38. The van der Waals surface area contributed by atoms with E-state index in [1.54, 1.807) is 18.2 Å². The third-order valence-corrected chi connectivity index (χ3v) is 2.28. The Kier molecular flexibility index (Phi) is 6.11. The normalized spacial score (nSPS) is 13.0. The summed E-state index contributed by atoms with van der Waals surface area (Å²) in [5, 5.41) is 12.6. The monoisotopic (exact) mass is 241 g/mol. The Bertz CT molecular complexity index is 331. The Morgan fingerprint density at radius 2 is 2.06 bits per heavy atom. The van der Waals surface area contributed by atoms with Crippen molar-refractivity contribution in [2.24, 2.45) is 0 Å². The molecular weight excluding hydrogens is 221 g/mol. The summed E-state index contributed by atoms with van der Waals surface area (Å²) in [7, 11) is 0. The topological polar surface area (TPSA) is 41.5 Å². The summed E-state index contributed by atoms with van der Waals surface area (Å²) in [5.41, 5.74) is 0.601. The largest absolute Gasteiger partial charge is 0.389 e. The Labute approximate surface area is 102 Å². The molecule has 0 aliphatic heterocycles. The van der Waals surface area contributed by atoms with Gasteiger partial charge in [-0.25, -0.2) is 4.39 Å². The molecule has 0 fully saturated rings. The van der Waals surface area contributed by atoms with E-state index in [0.717, 1.165) is 0 Å². The molecule has 1 atom stereocenters. The quantitative estimate of drug-likeness (QED) is 0.763. The third-order valence-electron chi connectivity index (χ3n) is 2.28. The second-order valence-corrected chi connectivity index (χ2v) is 4.26. The molecule has 2 N–H and O–H groups in total. The molecule has 0 saturated carbocycles. The Morgan fingerprint density at radius 3 is 2.71 bits per heavy atom. The molecule has 3 nitrogen and oxygen atoms in total. The fourth-order valence-corrected chi connectivity index (χ4v) is 1.38. The van der Waals surface area contributed by atoms with Crippen LogP contribution in [0.2, 0.25) is 0 Å². The molecule has 0 aromatic heterocycles. The summed E-state index contributed by atoms with van der Waals surface area (Å²) < 4.78 is 18.5. The number of benzene rings is 1. The summed E-state index contributed by atoms with van der Waals surface area (Å²) in [6.45, 7) is 4.92. The maximum Gasteiger partial charge on any atom is 0.127 e. The summed E-state index contributed by atoms with van der Waals surface area (Å²) in [6, 6.07) is 6.59. The van der Waals surface area contributed by atoms with Crippen molar-refractivity contribution < 1.29 is 14.2 Å². The molecule has 1 rings (SSSR count). The Hall–Kier alpha value is -0.970. The predicted molar refractivity (Wildman–Crippen MR) is 65.2 cm³/mol. The fraction of sp³-hybridized carbons (Fsp3) is 0.538. The molecule has 0 heterocycles. The van der Waals surface area contributed by atoms with Crippen molar-refractivity contribution in [3.63, 3.8) is 0 Å². The first-order chi connectivity index (χ1) is 8.09. The van der Waals surface area contributed by atoms with Crippen LogP contribution < -0.4 is 5.32 Å². The van der Waals surface area contributed by atoms with Gasteiger partial charge in [0, 0.05) is 18.7 Å². The number of halogens is 1. The van der Waals surface area contributed by atoms with E-state index in [0.29, 0.717) is 25.3 Å². The van der Waals surface area contributed by atoms with E-state index in [1.807, 2.05) is 13.8 Å². The van der Waals surface area contributed by atoms with Gasteiger partial charge in [-0.3, -0.25) is 0 Å². The van der Waals surface area contributed by atoms with Crippen molar-refractivity contribution in [1.82, 2.24) is 5.32 Å². The number of hydrogen-bond acceptors (Lipinski definition) is 3. The molecule has 1 aromatic carbocycles. The van der Waals surface area contributed by atoms with E-state index in [1.165, 1.54) is 6.07 Å². The van der Waals surface area contributed by atoms with Gasteiger partial charge in [0.25, 0.3) is 0 Å². The molecular formula is C13H20FNO2. The number of rotatable bonds is 7. The molecule has 17 heavy (non-hydrogen) atoms. The zero-order valence-electron chi connectivity index (χ0n) is 10.3. The number of ether oxygens (including phenoxy) is 1. The number of nitrogens with one attached hydrogen (secondary N) is 1. The van der Waals surface area contributed by atoms with Gasteiger partial charge in [0.15, 0.2) is 0 Å². The summed E-state index contributed by atoms with van der Waals surface area (Å²) in [4.78, 5) is 0. The molecule has 0 spiro atoms. The number of aliphatic hydroxyl groups excluding tert-OH is 1. The van der Waals surface area contributed by atoms with Gasteiger partial charge in [0.1, 0.15) is 5.82 Å². The minimum Gasteiger partial charge on any atom is -0.389 e. The Balaban J connectivity index is 2.21.